The Balaban J connectivity index is 0.00000361. The lowest BCUT2D eigenvalue weighted by Gasteiger charge is -2.24. The second-order valence-corrected chi connectivity index (χ2v) is 7.58. The lowest BCUT2D eigenvalue weighted by Crippen LogP contribution is -2.35. The molecule has 0 fully saturated rings. The van der Waals surface area contributed by atoms with Gasteiger partial charge in [-0.25, -0.2) is 8.93 Å². The summed E-state index contributed by atoms with van der Waals surface area (Å²) in [5.41, 5.74) is 1.84. The summed E-state index contributed by atoms with van der Waals surface area (Å²) in [7, 11) is 4.61. The highest BCUT2D eigenvalue weighted by Crippen LogP contribution is 2.21. The van der Waals surface area contributed by atoms with Crippen molar-refractivity contribution in [2.24, 2.45) is 0 Å². The Labute approximate surface area is 122 Å². The van der Waals surface area contributed by atoms with Gasteiger partial charge >= 0.3 is 0 Å². The monoisotopic (exact) mass is 277 g/mol. The largest absolute Gasteiger partial charge is 0.242 e. The Morgan fingerprint density at radius 1 is 1.42 bits per heavy atom. The minimum absolute atomic E-state index is 0. The fraction of sp³-hybridized carbons (Fsp3) is 0.467. The first-order chi connectivity index (χ1) is 8.84. The third kappa shape index (κ3) is 5.33. The van der Waals surface area contributed by atoms with Gasteiger partial charge in [-0.15, -0.1) is 6.58 Å². The van der Waals surface area contributed by atoms with Crippen molar-refractivity contribution in [2.75, 3.05) is 0 Å². The van der Waals surface area contributed by atoms with Gasteiger partial charge in [-0.3, -0.25) is 0 Å². The van der Waals surface area contributed by atoms with E-state index in [9.17, 15) is 4.21 Å². The quantitative estimate of drug-likeness (QED) is 0.628. The van der Waals surface area contributed by atoms with Crippen LogP contribution in [0.2, 0.25) is 0 Å². The highest BCUT2D eigenvalue weighted by atomic mass is 32.2. The van der Waals surface area contributed by atoms with Gasteiger partial charge in [-0.1, -0.05) is 35.8 Å². The molecule has 0 spiro atoms. The number of rotatable bonds is 6. The Bertz CT molecular complexity index is 442. The van der Waals surface area contributed by atoms with Gasteiger partial charge in [-0.2, -0.15) is 0 Å². The molecule has 0 aliphatic heterocycles. The molecule has 1 rings (SSSR count). The second-order valence-electron chi connectivity index (χ2n) is 5.58. The Hall–Kier alpha value is -0.865. The SMILES string of the molecule is [B]c1ccc([C@H](CCC=C)N[S@](=O)C(C)(C)C)cc1.[HH]. The molecular formula is C15H24BNOS. The van der Waals surface area contributed by atoms with Crippen LogP contribution in [0.4, 0.5) is 0 Å². The van der Waals surface area contributed by atoms with E-state index in [0.717, 1.165) is 23.9 Å². The summed E-state index contributed by atoms with van der Waals surface area (Å²) in [5.74, 6) is 0. The molecule has 0 saturated heterocycles. The van der Waals surface area contributed by atoms with E-state index < -0.39 is 11.0 Å². The number of benzene rings is 1. The number of allylic oxidation sites excluding steroid dienone is 1. The van der Waals surface area contributed by atoms with E-state index in [0.29, 0.717) is 0 Å². The summed E-state index contributed by atoms with van der Waals surface area (Å²) in [5, 5.41) is 0. The summed E-state index contributed by atoms with van der Waals surface area (Å²) in [6, 6.07) is 7.76. The molecule has 0 heterocycles. The van der Waals surface area contributed by atoms with Crippen LogP contribution >= 0.6 is 0 Å². The van der Waals surface area contributed by atoms with E-state index in [2.05, 4.69) is 11.3 Å². The molecule has 1 aromatic rings. The number of hydrogen-bond donors (Lipinski definition) is 1. The predicted octanol–water partition coefficient (Wildman–Crippen LogP) is 2.79. The van der Waals surface area contributed by atoms with E-state index in [4.69, 9.17) is 7.85 Å². The van der Waals surface area contributed by atoms with Crippen molar-refractivity contribution >= 4 is 24.3 Å². The molecule has 0 aromatic heterocycles. The van der Waals surface area contributed by atoms with Gasteiger partial charge in [0.1, 0.15) is 7.85 Å². The van der Waals surface area contributed by atoms with Gasteiger partial charge in [0.2, 0.25) is 0 Å². The molecule has 0 unspecified atom stereocenters. The maximum Gasteiger partial charge on any atom is 0.113 e. The van der Waals surface area contributed by atoms with E-state index in [-0.39, 0.29) is 12.2 Å². The molecule has 1 aromatic carbocycles. The maximum absolute atomic E-state index is 12.2. The van der Waals surface area contributed by atoms with Gasteiger partial charge in [0.15, 0.2) is 0 Å². The average molecular weight is 277 g/mol. The van der Waals surface area contributed by atoms with Crippen molar-refractivity contribution in [2.45, 2.75) is 44.4 Å². The maximum atomic E-state index is 12.2. The highest BCUT2D eigenvalue weighted by Gasteiger charge is 2.23. The summed E-state index contributed by atoms with van der Waals surface area (Å²) in [6.07, 6.45) is 3.63. The normalized spacial score (nSPS) is 14.9. The van der Waals surface area contributed by atoms with E-state index in [1.807, 2.05) is 51.1 Å². The fourth-order valence-corrected chi connectivity index (χ4v) is 2.48. The van der Waals surface area contributed by atoms with Crippen molar-refractivity contribution in [3.8, 4) is 0 Å². The lowest BCUT2D eigenvalue weighted by molar-refractivity contribution is 0.575. The van der Waals surface area contributed by atoms with Crippen LogP contribution in [0, 0.1) is 0 Å². The van der Waals surface area contributed by atoms with Crippen molar-refractivity contribution in [1.29, 1.82) is 0 Å². The summed E-state index contributed by atoms with van der Waals surface area (Å²) >= 11 is 0. The zero-order valence-corrected chi connectivity index (χ0v) is 12.8. The van der Waals surface area contributed by atoms with Gasteiger partial charge < -0.3 is 0 Å². The molecule has 0 saturated carbocycles. The highest BCUT2D eigenvalue weighted by molar-refractivity contribution is 7.84. The summed E-state index contributed by atoms with van der Waals surface area (Å²) in [4.78, 5) is 0. The molecule has 0 aliphatic rings. The lowest BCUT2D eigenvalue weighted by atomic mass is 9.93. The van der Waals surface area contributed by atoms with E-state index >= 15 is 0 Å². The van der Waals surface area contributed by atoms with Crippen LogP contribution in [0.25, 0.3) is 0 Å². The van der Waals surface area contributed by atoms with Gasteiger partial charge in [0, 0.05) is 7.47 Å². The van der Waals surface area contributed by atoms with E-state index in [1.165, 1.54) is 0 Å². The van der Waals surface area contributed by atoms with Crippen molar-refractivity contribution in [1.82, 2.24) is 4.72 Å². The van der Waals surface area contributed by atoms with Crippen molar-refractivity contribution in [3.05, 3.63) is 42.5 Å². The average Bonchev–Trinajstić information content (AvgIpc) is 2.34. The first-order valence-electron chi connectivity index (χ1n) is 6.49. The van der Waals surface area contributed by atoms with Gasteiger partial charge in [0.05, 0.1) is 15.7 Å². The van der Waals surface area contributed by atoms with Crippen LogP contribution in [0.1, 0.15) is 46.6 Å². The molecule has 104 valence electrons. The van der Waals surface area contributed by atoms with Crippen LogP contribution in [0.5, 0.6) is 0 Å². The zero-order valence-electron chi connectivity index (χ0n) is 12.0. The zero-order chi connectivity index (χ0) is 14.5. The molecule has 4 heteroatoms. The molecule has 0 bridgehead atoms. The molecule has 2 radical (unpaired) electrons. The topological polar surface area (TPSA) is 29.1 Å². The van der Waals surface area contributed by atoms with Crippen LogP contribution < -0.4 is 10.2 Å². The molecule has 0 aliphatic carbocycles. The summed E-state index contributed by atoms with van der Waals surface area (Å²) < 4.78 is 15.2. The van der Waals surface area contributed by atoms with Crippen molar-refractivity contribution < 1.29 is 5.64 Å². The molecule has 2 nitrogen and oxygen atoms in total. The molecular weight excluding hydrogens is 253 g/mol. The first-order valence-corrected chi connectivity index (χ1v) is 7.64. The minimum atomic E-state index is -1.09. The standard InChI is InChI=1S/C15H22BNOS.H2/c1-5-6-7-14(17-19(18)15(2,3)4)12-8-10-13(16)11-9-12;/h5,8-11,14,17H,1,6-7H2,2-4H3;1H/t14-,19+;/m0./s1. The summed E-state index contributed by atoms with van der Waals surface area (Å²) in [6.45, 7) is 9.63. The third-order valence-electron chi connectivity index (χ3n) is 2.80. The van der Waals surface area contributed by atoms with Crippen LogP contribution in [0.3, 0.4) is 0 Å². The molecule has 0 amide bonds. The van der Waals surface area contributed by atoms with E-state index in [1.54, 1.807) is 0 Å². The number of hydrogen-bond acceptors (Lipinski definition) is 1. The van der Waals surface area contributed by atoms with Crippen LogP contribution in [-0.2, 0) is 11.0 Å². The first kappa shape index (κ1) is 16.2. The fourth-order valence-electron chi connectivity index (χ4n) is 1.61. The predicted molar refractivity (Wildman–Crippen MR) is 87.1 cm³/mol. The van der Waals surface area contributed by atoms with Crippen molar-refractivity contribution in [3.63, 3.8) is 0 Å². The van der Waals surface area contributed by atoms with Crippen LogP contribution in [-0.4, -0.2) is 16.8 Å². The van der Waals surface area contributed by atoms with Crippen LogP contribution in [0.15, 0.2) is 36.9 Å². The molecule has 1 N–H and O–H groups in total. The minimum Gasteiger partial charge on any atom is -0.242 e. The van der Waals surface area contributed by atoms with Gasteiger partial charge in [0.25, 0.3) is 0 Å². The van der Waals surface area contributed by atoms with Gasteiger partial charge in [-0.05, 0) is 39.2 Å². The Kier molecular flexibility index (Phi) is 6.02. The second kappa shape index (κ2) is 7.06. The smallest absolute Gasteiger partial charge is 0.113 e. The number of nitrogens with one attached hydrogen (secondary N) is 1. The third-order valence-corrected chi connectivity index (χ3v) is 4.41. The Morgan fingerprint density at radius 3 is 2.47 bits per heavy atom. The molecule has 2 atom stereocenters. The Morgan fingerprint density at radius 2 is 2.00 bits per heavy atom. The molecule has 19 heavy (non-hydrogen) atoms.